The normalized spacial score (nSPS) is 22.5. The van der Waals surface area contributed by atoms with Gasteiger partial charge in [0.25, 0.3) is 0 Å². The minimum Gasteiger partial charge on any atom is -0.329 e. The van der Waals surface area contributed by atoms with Crippen LogP contribution in [-0.4, -0.2) is 11.7 Å². The molecule has 0 fully saturated rings. The summed E-state index contributed by atoms with van der Waals surface area (Å²) in [5, 5.41) is 4.46. The zero-order valence-corrected chi connectivity index (χ0v) is 16.5. The van der Waals surface area contributed by atoms with Crippen molar-refractivity contribution in [3.63, 3.8) is 0 Å². The van der Waals surface area contributed by atoms with Gasteiger partial charge in [0.05, 0.1) is 10.0 Å². The van der Waals surface area contributed by atoms with Crippen LogP contribution < -0.4 is 5.32 Å². The SMILES string of the molecule is O=C1CC(c2cccc(Cl)c2)C2=C(CC(c3ccc(Cl)c(Cl)c3)CC2=O)N1. The van der Waals surface area contributed by atoms with E-state index in [1.165, 1.54) is 0 Å². The molecule has 2 unspecified atom stereocenters. The summed E-state index contributed by atoms with van der Waals surface area (Å²) in [6, 6.07) is 12.8. The molecule has 0 bridgehead atoms. The van der Waals surface area contributed by atoms with E-state index in [1.807, 2.05) is 24.3 Å². The van der Waals surface area contributed by atoms with Crippen LogP contribution in [-0.2, 0) is 9.59 Å². The Morgan fingerprint density at radius 3 is 2.41 bits per heavy atom. The summed E-state index contributed by atoms with van der Waals surface area (Å²) >= 11 is 18.3. The highest BCUT2D eigenvalue weighted by Gasteiger charge is 2.38. The first-order valence-corrected chi connectivity index (χ1v) is 9.82. The molecule has 138 valence electrons. The van der Waals surface area contributed by atoms with Gasteiger partial charge >= 0.3 is 0 Å². The summed E-state index contributed by atoms with van der Waals surface area (Å²) in [4.78, 5) is 25.3. The molecule has 1 N–H and O–H groups in total. The Kier molecular flexibility index (Phi) is 5.02. The monoisotopic (exact) mass is 419 g/mol. The second-order valence-corrected chi connectivity index (χ2v) is 8.20. The topological polar surface area (TPSA) is 46.2 Å². The van der Waals surface area contributed by atoms with Crippen LogP contribution in [0.5, 0.6) is 0 Å². The molecular weight excluding hydrogens is 405 g/mol. The highest BCUT2D eigenvalue weighted by Crippen LogP contribution is 2.43. The highest BCUT2D eigenvalue weighted by molar-refractivity contribution is 6.42. The lowest BCUT2D eigenvalue weighted by atomic mass is 9.73. The van der Waals surface area contributed by atoms with Crippen molar-refractivity contribution < 1.29 is 9.59 Å². The molecule has 0 aromatic heterocycles. The number of nitrogens with one attached hydrogen (secondary N) is 1. The molecule has 4 rings (SSSR count). The molecule has 27 heavy (non-hydrogen) atoms. The predicted molar refractivity (Wildman–Crippen MR) is 107 cm³/mol. The first-order valence-electron chi connectivity index (χ1n) is 8.69. The molecule has 2 aromatic rings. The molecule has 2 atom stereocenters. The van der Waals surface area contributed by atoms with E-state index < -0.39 is 0 Å². The summed E-state index contributed by atoms with van der Waals surface area (Å²) in [6.07, 6.45) is 1.22. The maximum atomic E-state index is 13.0. The third-order valence-corrected chi connectivity index (χ3v) is 6.18. The number of carbonyl (C=O) groups is 2. The number of ketones is 1. The lowest BCUT2D eigenvalue weighted by Gasteiger charge is -2.34. The molecule has 0 saturated heterocycles. The number of hydrogen-bond acceptors (Lipinski definition) is 2. The standard InChI is InChI=1S/C21H16Cl3NO2/c22-14-3-1-2-12(6-14)15-10-20(27)25-18-8-13(9-19(26)21(15)18)11-4-5-16(23)17(24)7-11/h1-7,13,15H,8-10H2,(H,25,27). The molecule has 1 aliphatic heterocycles. The molecule has 2 aromatic carbocycles. The van der Waals surface area contributed by atoms with E-state index in [2.05, 4.69) is 5.32 Å². The van der Waals surface area contributed by atoms with E-state index in [-0.39, 0.29) is 29.9 Å². The van der Waals surface area contributed by atoms with Gasteiger partial charge in [-0.15, -0.1) is 0 Å². The Labute approximate surface area is 172 Å². The Bertz CT molecular complexity index is 983. The van der Waals surface area contributed by atoms with Crippen molar-refractivity contribution >= 4 is 46.5 Å². The van der Waals surface area contributed by atoms with Crippen LogP contribution >= 0.6 is 34.8 Å². The van der Waals surface area contributed by atoms with Crippen LogP contribution in [0.1, 0.15) is 42.2 Å². The Balaban J connectivity index is 1.72. The molecule has 0 spiro atoms. The first kappa shape index (κ1) is 18.5. The van der Waals surface area contributed by atoms with E-state index >= 15 is 0 Å². The average molecular weight is 421 g/mol. The summed E-state index contributed by atoms with van der Waals surface area (Å²) in [5.41, 5.74) is 3.26. The molecule has 3 nitrogen and oxygen atoms in total. The molecule has 6 heteroatoms. The number of halogens is 3. The minimum absolute atomic E-state index is 0.0376. The van der Waals surface area contributed by atoms with E-state index in [4.69, 9.17) is 34.8 Å². The number of rotatable bonds is 2. The molecule has 2 aliphatic rings. The molecule has 1 aliphatic carbocycles. The van der Waals surface area contributed by atoms with Gasteiger partial charge in [-0.05, 0) is 47.7 Å². The van der Waals surface area contributed by atoms with Gasteiger partial charge in [0.1, 0.15) is 0 Å². The van der Waals surface area contributed by atoms with Crippen molar-refractivity contribution in [2.24, 2.45) is 0 Å². The van der Waals surface area contributed by atoms with Crippen molar-refractivity contribution in [1.29, 1.82) is 0 Å². The largest absolute Gasteiger partial charge is 0.329 e. The lowest BCUT2D eigenvalue weighted by Crippen LogP contribution is -2.38. The fraction of sp³-hybridized carbons (Fsp3) is 0.238. The maximum Gasteiger partial charge on any atom is 0.225 e. The van der Waals surface area contributed by atoms with Gasteiger partial charge in [-0.2, -0.15) is 0 Å². The van der Waals surface area contributed by atoms with Crippen LogP contribution in [0, 0.1) is 0 Å². The third-order valence-electron chi connectivity index (χ3n) is 5.20. The Morgan fingerprint density at radius 1 is 0.852 bits per heavy atom. The fourth-order valence-corrected chi connectivity index (χ4v) is 4.48. The van der Waals surface area contributed by atoms with Crippen molar-refractivity contribution in [3.8, 4) is 0 Å². The van der Waals surface area contributed by atoms with Crippen LogP contribution in [0.4, 0.5) is 0 Å². The smallest absolute Gasteiger partial charge is 0.225 e. The number of Topliss-reactive ketones (excluding diaryl/α,β-unsaturated/α-hetero) is 1. The van der Waals surface area contributed by atoms with Crippen LogP contribution in [0.2, 0.25) is 15.1 Å². The molecule has 1 heterocycles. The molecule has 1 amide bonds. The second-order valence-electron chi connectivity index (χ2n) is 6.95. The van der Waals surface area contributed by atoms with Gasteiger partial charge in [-0.1, -0.05) is 53.0 Å². The van der Waals surface area contributed by atoms with Crippen LogP contribution in [0.3, 0.4) is 0 Å². The fourth-order valence-electron chi connectivity index (χ4n) is 3.97. The van der Waals surface area contributed by atoms with Gasteiger partial charge in [0, 0.05) is 35.1 Å². The van der Waals surface area contributed by atoms with E-state index in [0.29, 0.717) is 39.2 Å². The Morgan fingerprint density at radius 2 is 1.67 bits per heavy atom. The molecule has 0 saturated carbocycles. The summed E-state index contributed by atoms with van der Waals surface area (Å²) < 4.78 is 0. The highest BCUT2D eigenvalue weighted by atomic mass is 35.5. The van der Waals surface area contributed by atoms with Gasteiger partial charge in [0.2, 0.25) is 5.91 Å². The van der Waals surface area contributed by atoms with Crippen LogP contribution in [0.25, 0.3) is 0 Å². The number of amides is 1. The zero-order chi connectivity index (χ0) is 19.1. The minimum atomic E-state index is -0.255. The van der Waals surface area contributed by atoms with Gasteiger partial charge in [-0.25, -0.2) is 0 Å². The number of benzene rings is 2. The predicted octanol–water partition coefficient (Wildman–Crippen LogP) is 5.65. The van der Waals surface area contributed by atoms with E-state index in [1.54, 1.807) is 18.2 Å². The van der Waals surface area contributed by atoms with Crippen molar-refractivity contribution in [3.05, 3.63) is 79.9 Å². The third kappa shape index (κ3) is 3.64. The maximum absolute atomic E-state index is 13.0. The molecular formula is C21H16Cl3NO2. The number of hydrogen-bond donors (Lipinski definition) is 1. The zero-order valence-electron chi connectivity index (χ0n) is 14.3. The van der Waals surface area contributed by atoms with Gasteiger partial charge < -0.3 is 5.32 Å². The van der Waals surface area contributed by atoms with Crippen molar-refractivity contribution in [2.45, 2.75) is 31.1 Å². The van der Waals surface area contributed by atoms with Gasteiger partial charge in [0.15, 0.2) is 5.78 Å². The van der Waals surface area contributed by atoms with Crippen LogP contribution in [0.15, 0.2) is 53.7 Å². The summed E-state index contributed by atoms with van der Waals surface area (Å²) in [7, 11) is 0. The Hall–Kier alpha value is -1.81. The van der Waals surface area contributed by atoms with E-state index in [0.717, 1.165) is 11.1 Å². The summed E-state index contributed by atoms with van der Waals surface area (Å²) in [6.45, 7) is 0. The second kappa shape index (κ2) is 7.31. The quantitative estimate of drug-likeness (QED) is 0.682. The van der Waals surface area contributed by atoms with Gasteiger partial charge in [-0.3, -0.25) is 9.59 Å². The number of carbonyl (C=O) groups excluding carboxylic acids is 2. The number of allylic oxidation sites excluding steroid dienone is 2. The van der Waals surface area contributed by atoms with Crippen molar-refractivity contribution in [2.75, 3.05) is 0 Å². The summed E-state index contributed by atoms with van der Waals surface area (Å²) in [5.74, 6) is -0.322. The lowest BCUT2D eigenvalue weighted by molar-refractivity contribution is -0.122. The van der Waals surface area contributed by atoms with Crippen molar-refractivity contribution in [1.82, 2.24) is 5.32 Å². The van der Waals surface area contributed by atoms with E-state index in [9.17, 15) is 9.59 Å². The molecule has 0 radical (unpaired) electrons. The first-order chi connectivity index (χ1) is 12.9. The average Bonchev–Trinajstić information content (AvgIpc) is 2.63.